The van der Waals surface area contributed by atoms with Gasteiger partial charge in [-0.15, -0.1) is 0 Å². The number of non-ortho nitro benzene ring substituents is 1. The quantitative estimate of drug-likeness (QED) is 0.439. The summed E-state index contributed by atoms with van der Waals surface area (Å²) in [6, 6.07) is 21.6. The Kier molecular flexibility index (Phi) is 5.59. The third kappa shape index (κ3) is 3.83. The van der Waals surface area contributed by atoms with Gasteiger partial charge in [-0.3, -0.25) is 24.8 Å². The number of Topliss-reactive ketones (excluding diaryl/α,β-unsaturated/α-hetero) is 1. The van der Waals surface area contributed by atoms with Gasteiger partial charge in [-0.1, -0.05) is 36.4 Å². The van der Waals surface area contributed by atoms with Crippen molar-refractivity contribution in [3.05, 3.63) is 123 Å². The van der Waals surface area contributed by atoms with Gasteiger partial charge in [-0.05, 0) is 41.7 Å². The normalized spacial score (nSPS) is 19.9. The third-order valence-corrected chi connectivity index (χ3v) is 6.57. The molecular weight excluding hydrogens is 442 g/mol. The Labute approximate surface area is 201 Å². The fourth-order valence-corrected chi connectivity index (χ4v) is 4.99. The highest BCUT2D eigenvalue weighted by Gasteiger charge is 2.43. The van der Waals surface area contributed by atoms with Gasteiger partial charge < -0.3 is 5.73 Å². The third-order valence-electron chi connectivity index (χ3n) is 6.57. The van der Waals surface area contributed by atoms with E-state index >= 15 is 0 Å². The van der Waals surface area contributed by atoms with Crippen molar-refractivity contribution < 1.29 is 9.72 Å². The van der Waals surface area contributed by atoms with Crippen LogP contribution < -0.4 is 10.6 Å². The fourth-order valence-electron chi connectivity index (χ4n) is 4.99. The maximum absolute atomic E-state index is 13.7. The molecule has 0 amide bonds. The van der Waals surface area contributed by atoms with Crippen LogP contribution >= 0.6 is 0 Å². The lowest BCUT2D eigenvalue weighted by Crippen LogP contribution is -2.40. The molecule has 1 aromatic heterocycles. The number of allylic oxidation sites excluding steroid dienone is 3. The molecule has 172 valence electrons. The summed E-state index contributed by atoms with van der Waals surface area (Å²) in [5.74, 6) is -0.534. The number of carbonyl (C=O) groups excluding carboxylic acids is 1. The monoisotopic (exact) mass is 463 g/mol. The van der Waals surface area contributed by atoms with Crippen LogP contribution in [0.15, 0.2) is 102 Å². The molecule has 2 unspecified atom stereocenters. The zero-order valence-electron chi connectivity index (χ0n) is 18.7. The summed E-state index contributed by atoms with van der Waals surface area (Å²) in [4.78, 5) is 30.3. The molecule has 2 N–H and O–H groups in total. The first-order chi connectivity index (χ1) is 17.0. The Bertz CT molecular complexity index is 1410. The first-order valence-corrected chi connectivity index (χ1v) is 11.1. The van der Waals surface area contributed by atoms with E-state index in [1.165, 1.54) is 12.1 Å². The van der Waals surface area contributed by atoms with Crippen LogP contribution in [0.25, 0.3) is 0 Å². The molecule has 35 heavy (non-hydrogen) atoms. The molecular formula is C27H21N5O3. The number of nitrogens with zero attached hydrogens (tertiary/aromatic N) is 4. The predicted octanol–water partition coefficient (Wildman–Crippen LogP) is 4.69. The number of benzene rings is 2. The topological polar surface area (TPSA) is 126 Å². The van der Waals surface area contributed by atoms with Crippen LogP contribution in [-0.2, 0) is 4.79 Å². The first kappa shape index (κ1) is 22.0. The SMILES string of the molecule is N#CC1=C(N)N(c2ccc([N+](=O)[O-])cc2)C2=C(C(=O)CC(c3ccccc3)C2)C1c1cccnc1. The molecule has 0 saturated heterocycles. The van der Waals surface area contributed by atoms with Gasteiger partial charge in [-0.2, -0.15) is 5.26 Å². The average Bonchev–Trinajstić information content (AvgIpc) is 2.89. The van der Waals surface area contributed by atoms with Gasteiger partial charge in [0.1, 0.15) is 5.82 Å². The van der Waals surface area contributed by atoms with Crippen molar-refractivity contribution in [3.8, 4) is 6.07 Å². The van der Waals surface area contributed by atoms with E-state index in [9.17, 15) is 20.2 Å². The number of nitro benzene ring substituents is 1. The Morgan fingerprint density at radius 2 is 1.74 bits per heavy atom. The molecule has 8 nitrogen and oxygen atoms in total. The van der Waals surface area contributed by atoms with Gasteiger partial charge in [0.25, 0.3) is 5.69 Å². The minimum Gasteiger partial charge on any atom is -0.384 e. The van der Waals surface area contributed by atoms with Crippen molar-refractivity contribution in [1.82, 2.24) is 4.98 Å². The van der Waals surface area contributed by atoms with Crippen LogP contribution in [0.2, 0.25) is 0 Å². The van der Waals surface area contributed by atoms with Crippen molar-refractivity contribution in [1.29, 1.82) is 5.26 Å². The van der Waals surface area contributed by atoms with Crippen molar-refractivity contribution in [2.75, 3.05) is 4.90 Å². The number of aromatic nitrogens is 1. The number of pyridine rings is 1. The maximum atomic E-state index is 13.7. The Balaban J connectivity index is 1.71. The lowest BCUT2D eigenvalue weighted by Gasteiger charge is -2.41. The molecule has 2 aliphatic rings. The summed E-state index contributed by atoms with van der Waals surface area (Å²) in [5, 5.41) is 21.3. The minimum atomic E-state index is -0.623. The second-order valence-corrected chi connectivity index (χ2v) is 8.54. The lowest BCUT2D eigenvalue weighted by molar-refractivity contribution is -0.384. The van der Waals surface area contributed by atoms with E-state index in [0.29, 0.717) is 29.8 Å². The van der Waals surface area contributed by atoms with Gasteiger partial charge in [-0.25, -0.2) is 0 Å². The van der Waals surface area contributed by atoms with Crippen molar-refractivity contribution in [3.63, 3.8) is 0 Å². The van der Waals surface area contributed by atoms with Crippen LogP contribution in [0.5, 0.6) is 0 Å². The van der Waals surface area contributed by atoms with E-state index in [1.54, 1.807) is 35.5 Å². The zero-order chi connectivity index (χ0) is 24.5. The number of ketones is 1. The van der Waals surface area contributed by atoms with Crippen LogP contribution in [0.4, 0.5) is 11.4 Å². The highest BCUT2D eigenvalue weighted by Crippen LogP contribution is 2.49. The van der Waals surface area contributed by atoms with Crippen LogP contribution in [0, 0.1) is 21.4 Å². The number of carbonyl (C=O) groups is 1. The van der Waals surface area contributed by atoms with E-state index in [4.69, 9.17) is 5.73 Å². The summed E-state index contributed by atoms with van der Waals surface area (Å²) < 4.78 is 0. The maximum Gasteiger partial charge on any atom is 0.269 e. The molecule has 1 aliphatic carbocycles. The van der Waals surface area contributed by atoms with Crippen LogP contribution in [0.1, 0.15) is 35.8 Å². The highest BCUT2D eigenvalue weighted by atomic mass is 16.6. The standard InChI is InChI=1S/C27H21N5O3/c28-15-22-25(18-7-4-12-30-16-18)26-23(13-19(14-24(26)33)17-5-2-1-3-6-17)31(27(22)29)20-8-10-21(11-9-20)32(34)35/h1-12,16,19,25H,13-14,29H2. The molecule has 2 aromatic carbocycles. The first-order valence-electron chi connectivity index (χ1n) is 11.1. The summed E-state index contributed by atoms with van der Waals surface area (Å²) in [7, 11) is 0. The molecule has 0 bridgehead atoms. The van der Waals surface area contributed by atoms with E-state index in [2.05, 4.69) is 11.1 Å². The van der Waals surface area contributed by atoms with E-state index < -0.39 is 10.8 Å². The van der Waals surface area contributed by atoms with Gasteiger partial charge >= 0.3 is 0 Å². The van der Waals surface area contributed by atoms with E-state index in [0.717, 1.165) is 11.1 Å². The molecule has 0 spiro atoms. The number of rotatable bonds is 4. The van der Waals surface area contributed by atoms with E-state index in [-0.39, 0.29) is 28.8 Å². The lowest BCUT2D eigenvalue weighted by atomic mass is 9.72. The van der Waals surface area contributed by atoms with Gasteiger partial charge in [0.05, 0.1) is 22.5 Å². The van der Waals surface area contributed by atoms with Crippen molar-refractivity contribution in [2.45, 2.75) is 24.7 Å². The number of hydrogen-bond donors (Lipinski definition) is 1. The molecule has 2 heterocycles. The van der Waals surface area contributed by atoms with Crippen molar-refractivity contribution >= 4 is 17.2 Å². The molecule has 3 aromatic rings. The van der Waals surface area contributed by atoms with Gasteiger partial charge in [0, 0.05) is 47.9 Å². The number of nitrogens with two attached hydrogens (primary N) is 1. The summed E-state index contributed by atoms with van der Waals surface area (Å²) in [5.41, 5.74) is 10.3. The number of anilines is 1. The number of nitriles is 1. The number of hydrogen-bond acceptors (Lipinski definition) is 7. The molecule has 1 aliphatic heterocycles. The van der Waals surface area contributed by atoms with Crippen LogP contribution in [0.3, 0.4) is 0 Å². The molecule has 2 atom stereocenters. The van der Waals surface area contributed by atoms with Crippen LogP contribution in [-0.4, -0.2) is 15.7 Å². The van der Waals surface area contributed by atoms with E-state index in [1.807, 2.05) is 36.4 Å². The highest BCUT2D eigenvalue weighted by molar-refractivity contribution is 6.01. The molecule has 0 fully saturated rings. The predicted molar refractivity (Wildman–Crippen MR) is 130 cm³/mol. The summed E-state index contributed by atoms with van der Waals surface area (Å²) >= 11 is 0. The number of nitro groups is 1. The smallest absolute Gasteiger partial charge is 0.269 e. The Morgan fingerprint density at radius 1 is 1.03 bits per heavy atom. The largest absolute Gasteiger partial charge is 0.384 e. The summed E-state index contributed by atoms with van der Waals surface area (Å²) in [6.45, 7) is 0. The van der Waals surface area contributed by atoms with Crippen molar-refractivity contribution in [2.24, 2.45) is 5.73 Å². The molecule has 5 rings (SSSR count). The Morgan fingerprint density at radius 3 is 2.37 bits per heavy atom. The molecule has 8 heteroatoms. The molecule has 0 radical (unpaired) electrons. The zero-order valence-corrected chi connectivity index (χ0v) is 18.7. The summed E-state index contributed by atoms with van der Waals surface area (Å²) in [6.07, 6.45) is 4.13. The second-order valence-electron chi connectivity index (χ2n) is 8.54. The Hall–Kier alpha value is -4.77. The fraction of sp³-hybridized carbons (Fsp3) is 0.148. The minimum absolute atomic E-state index is 0.0545. The average molecular weight is 463 g/mol. The van der Waals surface area contributed by atoms with Gasteiger partial charge in [0.15, 0.2) is 5.78 Å². The molecule has 0 saturated carbocycles. The second kappa shape index (κ2) is 8.88. The van der Waals surface area contributed by atoms with Gasteiger partial charge in [0.2, 0.25) is 0 Å².